The molecule has 4 aliphatic rings. The van der Waals surface area contributed by atoms with Gasteiger partial charge in [-0.3, -0.25) is 4.79 Å². The average molecular weight is 393 g/mol. The lowest BCUT2D eigenvalue weighted by atomic mass is 9.43. The molecular weight excluding hydrogens is 352 g/mol. The number of carboxylic acid groups (broad SMARTS) is 1. The Labute approximate surface area is 170 Å². The van der Waals surface area contributed by atoms with Crippen LogP contribution in [0.4, 0.5) is 0 Å². The molecule has 3 N–H and O–H groups in total. The molecule has 0 spiro atoms. The molecule has 4 saturated carbocycles. The largest absolute Gasteiger partial charge is 0.481 e. The molecule has 4 fully saturated rings. The molecular formula is C24H40O4. The molecule has 10 atom stereocenters. The van der Waals surface area contributed by atoms with E-state index < -0.39 is 5.97 Å². The van der Waals surface area contributed by atoms with Gasteiger partial charge in [0.25, 0.3) is 0 Å². The van der Waals surface area contributed by atoms with Gasteiger partial charge in [-0.25, -0.2) is 0 Å². The van der Waals surface area contributed by atoms with Crippen LogP contribution in [0.15, 0.2) is 0 Å². The number of hydrogen-bond donors (Lipinski definition) is 3. The van der Waals surface area contributed by atoms with Gasteiger partial charge in [0.2, 0.25) is 0 Å². The normalized spacial score (nSPS) is 51.7. The van der Waals surface area contributed by atoms with Gasteiger partial charge in [0.15, 0.2) is 0 Å². The molecule has 4 nitrogen and oxygen atoms in total. The second kappa shape index (κ2) is 7.27. The van der Waals surface area contributed by atoms with Crippen LogP contribution in [0.5, 0.6) is 0 Å². The first kappa shape index (κ1) is 20.7. The lowest BCUT2D eigenvalue weighted by molar-refractivity contribution is -0.174. The minimum atomic E-state index is -0.684. The Morgan fingerprint density at radius 1 is 1.00 bits per heavy atom. The number of hydrogen-bond acceptors (Lipinski definition) is 3. The summed E-state index contributed by atoms with van der Waals surface area (Å²) in [6, 6.07) is 0. The third kappa shape index (κ3) is 3.14. The van der Waals surface area contributed by atoms with Crippen molar-refractivity contribution in [1.82, 2.24) is 0 Å². The van der Waals surface area contributed by atoms with Gasteiger partial charge in [-0.05, 0) is 104 Å². The Hall–Kier alpha value is -0.610. The van der Waals surface area contributed by atoms with Gasteiger partial charge < -0.3 is 15.3 Å². The fourth-order valence-corrected chi connectivity index (χ4v) is 8.73. The first-order chi connectivity index (χ1) is 13.2. The number of aliphatic hydroxyl groups is 2. The maximum Gasteiger partial charge on any atom is 0.303 e. The average Bonchev–Trinajstić information content (AvgIpc) is 2.98. The molecule has 0 saturated heterocycles. The lowest BCUT2D eigenvalue weighted by Gasteiger charge is -2.62. The SMILES string of the molecule is C[C@H](CCC(=O)O)[C@H]1CC[C@H]2[C@@H]3[C@H](O)CC4C[C@H](O)CC[C@]4(C)[C@H]3CC[C@@]12C. The van der Waals surface area contributed by atoms with E-state index in [1.807, 2.05) is 0 Å². The van der Waals surface area contributed by atoms with E-state index in [9.17, 15) is 15.0 Å². The Kier molecular flexibility index (Phi) is 5.36. The van der Waals surface area contributed by atoms with E-state index in [0.29, 0.717) is 35.5 Å². The molecule has 0 aromatic heterocycles. The second-order valence-electron chi connectivity index (χ2n) is 11.4. The van der Waals surface area contributed by atoms with Crippen LogP contribution in [0.3, 0.4) is 0 Å². The predicted molar refractivity (Wildman–Crippen MR) is 109 cm³/mol. The van der Waals surface area contributed by atoms with Crippen LogP contribution in [-0.2, 0) is 4.79 Å². The molecule has 28 heavy (non-hydrogen) atoms. The molecule has 0 bridgehead atoms. The Morgan fingerprint density at radius 3 is 2.39 bits per heavy atom. The summed E-state index contributed by atoms with van der Waals surface area (Å²) in [5.74, 6) is 2.36. The standard InChI is InChI=1S/C24H40O4/c1-14(4-7-21(27)28)17-5-6-18-22-19(9-11-24(17,18)3)23(2)10-8-16(25)12-15(23)13-20(22)26/h14-20,22,25-26H,4-13H2,1-3H3,(H,27,28)/t14-,15?,16-,17-,18+,19+,20-,22+,23+,24+/m1/s1. The second-order valence-corrected chi connectivity index (χ2v) is 11.4. The summed E-state index contributed by atoms with van der Waals surface area (Å²) in [7, 11) is 0. The van der Waals surface area contributed by atoms with Gasteiger partial charge in [-0.1, -0.05) is 20.8 Å². The zero-order valence-electron chi connectivity index (χ0n) is 17.9. The number of rotatable bonds is 4. The van der Waals surface area contributed by atoms with Crippen LogP contribution in [0.25, 0.3) is 0 Å². The van der Waals surface area contributed by atoms with Gasteiger partial charge in [0, 0.05) is 6.42 Å². The number of aliphatic carboxylic acids is 1. The Morgan fingerprint density at radius 2 is 1.68 bits per heavy atom. The van der Waals surface area contributed by atoms with Crippen molar-refractivity contribution in [2.45, 2.75) is 97.2 Å². The summed E-state index contributed by atoms with van der Waals surface area (Å²) < 4.78 is 0. The van der Waals surface area contributed by atoms with Crippen LogP contribution in [0.2, 0.25) is 0 Å². The van der Waals surface area contributed by atoms with Crippen molar-refractivity contribution < 1.29 is 20.1 Å². The third-order valence-electron chi connectivity index (χ3n) is 10.2. The predicted octanol–water partition coefficient (Wildman–Crippen LogP) is 4.48. The summed E-state index contributed by atoms with van der Waals surface area (Å²) in [6.45, 7) is 7.16. The highest BCUT2D eigenvalue weighted by molar-refractivity contribution is 5.66. The van der Waals surface area contributed by atoms with E-state index >= 15 is 0 Å². The van der Waals surface area contributed by atoms with Gasteiger partial charge in [0.05, 0.1) is 12.2 Å². The van der Waals surface area contributed by atoms with Gasteiger partial charge in [-0.15, -0.1) is 0 Å². The maximum absolute atomic E-state index is 11.2. The van der Waals surface area contributed by atoms with E-state index in [2.05, 4.69) is 20.8 Å². The highest BCUT2D eigenvalue weighted by atomic mass is 16.4. The number of carboxylic acids is 1. The summed E-state index contributed by atoms with van der Waals surface area (Å²) >= 11 is 0. The quantitative estimate of drug-likeness (QED) is 0.659. The minimum Gasteiger partial charge on any atom is -0.481 e. The number of carbonyl (C=O) groups is 1. The molecule has 0 radical (unpaired) electrons. The van der Waals surface area contributed by atoms with Crippen molar-refractivity contribution in [3.63, 3.8) is 0 Å². The van der Waals surface area contributed by atoms with E-state index in [1.54, 1.807) is 0 Å². The van der Waals surface area contributed by atoms with Crippen molar-refractivity contribution in [2.24, 2.45) is 46.3 Å². The van der Waals surface area contributed by atoms with Gasteiger partial charge in [-0.2, -0.15) is 0 Å². The summed E-state index contributed by atoms with van der Waals surface area (Å²) in [5, 5.41) is 30.5. The van der Waals surface area contributed by atoms with Crippen molar-refractivity contribution in [3.8, 4) is 0 Å². The topological polar surface area (TPSA) is 77.8 Å². The fourth-order valence-electron chi connectivity index (χ4n) is 8.73. The maximum atomic E-state index is 11.2. The van der Waals surface area contributed by atoms with Crippen LogP contribution < -0.4 is 0 Å². The molecule has 0 aliphatic heterocycles. The Balaban J connectivity index is 1.55. The van der Waals surface area contributed by atoms with E-state index in [-0.39, 0.29) is 29.5 Å². The van der Waals surface area contributed by atoms with Crippen LogP contribution in [0, 0.1) is 46.3 Å². The molecule has 0 amide bonds. The molecule has 4 aliphatic carbocycles. The molecule has 0 aromatic carbocycles. The summed E-state index contributed by atoms with van der Waals surface area (Å²) in [4.78, 5) is 11.1. The minimum absolute atomic E-state index is 0.179. The van der Waals surface area contributed by atoms with E-state index in [1.165, 1.54) is 25.7 Å². The fraction of sp³-hybridized carbons (Fsp3) is 0.958. The number of aliphatic hydroxyl groups excluding tert-OH is 2. The molecule has 0 heterocycles. The molecule has 4 heteroatoms. The molecule has 1 unspecified atom stereocenters. The molecule has 0 aromatic rings. The zero-order chi connectivity index (χ0) is 20.3. The molecule has 160 valence electrons. The van der Waals surface area contributed by atoms with Gasteiger partial charge in [0.1, 0.15) is 0 Å². The van der Waals surface area contributed by atoms with Crippen molar-refractivity contribution in [2.75, 3.05) is 0 Å². The lowest BCUT2D eigenvalue weighted by Crippen LogP contribution is -2.58. The smallest absolute Gasteiger partial charge is 0.303 e. The summed E-state index contributed by atoms with van der Waals surface area (Å²) in [5.41, 5.74) is 0.523. The zero-order valence-corrected chi connectivity index (χ0v) is 17.9. The van der Waals surface area contributed by atoms with Crippen LogP contribution in [-0.4, -0.2) is 33.5 Å². The van der Waals surface area contributed by atoms with Crippen LogP contribution in [0.1, 0.15) is 85.0 Å². The number of fused-ring (bicyclic) bond motifs is 5. The van der Waals surface area contributed by atoms with Crippen LogP contribution >= 0.6 is 0 Å². The highest BCUT2D eigenvalue weighted by Crippen LogP contribution is 2.68. The monoisotopic (exact) mass is 392 g/mol. The molecule has 4 rings (SSSR count). The first-order valence-electron chi connectivity index (χ1n) is 11.7. The van der Waals surface area contributed by atoms with Gasteiger partial charge >= 0.3 is 5.97 Å². The highest BCUT2D eigenvalue weighted by Gasteiger charge is 2.62. The Bertz CT molecular complexity index is 605. The van der Waals surface area contributed by atoms with Crippen molar-refractivity contribution >= 4 is 5.97 Å². The van der Waals surface area contributed by atoms with E-state index in [0.717, 1.165) is 32.1 Å². The van der Waals surface area contributed by atoms with Crippen molar-refractivity contribution in [1.29, 1.82) is 0 Å². The van der Waals surface area contributed by atoms with Crippen molar-refractivity contribution in [3.05, 3.63) is 0 Å². The summed E-state index contributed by atoms with van der Waals surface area (Å²) in [6.07, 6.45) is 9.19. The third-order valence-corrected chi connectivity index (χ3v) is 10.2. The van der Waals surface area contributed by atoms with E-state index in [4.69, 9.17) is 5.11 Å². The first-order valence-corrected chi connectivity index (χ1v) is 11.7.